The van der Waals surface area contributed by atoms with Gasteiger partial charge in [-0.15, -0.1) is 0 Å². The van der Waals surface area contributed by atoms with Crippen LogP contribution in [0.1, 0.15) is 0 Å². The van der Waals surface area contributed by atoms with Crippen molar-refractivity contribution in [2.24, 2.45) is 0 Å². The molecule has 1 atom stereocenters. The third-order valence-electron chi connectivity index (χ3n) is 1.48. The summed E-state index contributed by atoms with van der Waals surface area (Å²) in [6.45, 7) is 1.34. The molecule has 0 amide bonds. The van der Waals surface area contributed by atoms with Crippen LogP contribution in [-0.2, 0) is 9.47 Å². The molecule has 0 aromatic heterocycles. The fourth-order valence-corrected chi connectivity index (χ4v) is 0.966. The molecule has 0 spiro atoms. The van der Waals surface area contributed by atoms with E-state index < -0.39 is 0 Å². The van der Waals surface area contributed by atoms with Gasteiger partial charge in [-0.2, -0.15) is 0 Å². The van der Waals surface area contributed by atoms with Crippen molar-refractivity contribution in [2.45, 2.75) is 6.10 Å². The normalized spacial score (nSPS) is 28.8. The van der Waals surface area contributed by atoms with E-state index >= 15 is 0 Å². The van der Waals surface area contributed by atoms with Gasteiger partial charge >= 0.3 is 0 Å². The molecule has 0 fully saturated rings. The SMILES string of the molecule is [CH]1OC=C2C=CC=CC2O1. The van der Waals surface area contributed by atoms with E-state index in [1.165, 1.54) is 6.79 Å². The smallest absolute Gasteiger partial charge is 0.263 e. The molecule has 0 N–H and O–H groups in total. The van der Waals surface area contributed by atoms with Crippen molar-refractivity contribution in [3.8, 4) is 0 Å². The van der Waals surface area contributed by atoms with Gasteiger partial charge in [-0.05, 0) is 0 Å². The first-order chi connectivity index (χ1) is 4.97. The lowest BCUT2D eigenvalue weighted by atomic mass is 10.1. The van der Waals surface area contributed by atoms with Crippen molar-refractivity contribution in [3.05, 3.63) is 42.9 Å². The van der Waals surface area contributed by atoms with E-state index in [0.29, 0.717) is 0 Å². The topological polar surface area (TPSA) is 18.5 Å². The van der Waals surface area contributed by atoms with E-state index in [1.807, 2.05) is 24.3 Å². The summed E-state index contributed by atoms with van der Waals surface area (Å²) in [6.07, 6.45) is 9.62. The molecule has 1 heterocycles. The first kappa shape index (κ1) is 5.74. The Hall–Kier alpha value is -1.02. The van der Waals surface area contributed by atoms with Gasteiger partial charge < -0.3 is 9.47 Å². The highest BCUT2D eigenvalue weighted by Crippen LogP contribution is 2.19. The van der Waals surface area contributed by atoms with E-state index in [4.69, 9.17) is 9.47 Å². The number of fused-ring (bicyclic) bond motifs is 1. The molecular formula is C8H7O2. The minimum Gasteiger partial charge on any atom is -0.465 e. The molecule has 2 aliphatic rings. The maximum atomic E-state index is 5.13. The van der Waals surface area contributed by atoms with Crippen LogP contribution in [0, 0.1) is 6.79 Å². The summed E-state index contributed by atoms with van der Waals surface area (Å²) in [6, 6.07) is 0. The maximum absolute atomic E-state index is 5.13. The third kappa shape index (κ3) is 0.866. The van der Waals surface area contributed by atoms with E-state index in [-0.39, 0.29) is 6.10 Å². The van der Waals surface area contributed by atoms with Crippen molar-refractivity contribution in [2.75, 3.05) is 0 Å². The van der Waals surface area contributed by atoms with Gasteiger partial charge in [0.1, 0.15) is 6.10 Å². The summed E-state index contributed by atoms with van der Waals surface area (Å²) < 4.78 is 9.97. The van der Waals surface area contributed by atoms with Crippen molar-refractivity contribution >= 4 is 0 Å². The summed E-state index contributed by atoms with van der Waals surface area (Å²) in [5.74, 6) is 0. The zero-order valence-electron chi connectivity index (χ0n) is 5.36. The van der Waals surface area contributed by atoms with Crippen LogP contribution >= 0.6 is 0 Å². The van der Waals surface area contributed by atoms with Crippen molar-refractivity contribution in [3.63, 3.8) is 0 Å². The molecule has 0 aromatic rings. The Kier molecular flexibility index (Phi) is 1.32. The van der Waals surface area contributed by atoms with Crippen LogP contribution in [0.15, 0.2) is 36.1 Å². The molecule has 1 aliphatic carbocycles. The number of ether oxygens (including phenoxy) is 2. The molecule has 0 saturated heterocycles. The van der Waals surface area contributed by atoms with Crippen molar-refractivity contribution < 1.29 is 9.47 Å². The lowest BCUT2D eigenvalue weighted by Crippen LogP contribution is -2.16. The van der Waals surface area contributed by atoms with Crippen LogP contribution < -0.4 is 0 Å². The van der Waals surface area contributed by atoms with Gasteiger partial charge in [0.05, 0.1) is 6.26 Å². The Morgan fingerprint density at radius 2 is 2.30 bits per heavy atom. The summed E-state index contributed by atoms with van der Waals surface area (Å²) in [4.78, 5) is 0. The molecule has 2 nitrogen and oxygen atoms in total. The van der Waals surface area contributed by atoms with Gasteiger partial charge in [-0.3, -0.25) is 0 Å². The lowest BCUT2D eigenvalue weighted by Gasteiger charge is -2.20. The van der Waals surface area contributed by atoms with Crippen LogP contribution in [0.3, 0.4) is 0 Å². The summed E-state index contributed by atoms with van der Waals surface area (Å²) in [5.41, 5.74) is 1.06. The zero-order valence-corrected chi connectivity index (χ0v) is 5.36. The van der Waals surface area contributed by atoms with Gasteiger partial charge in [0, 0.05) is 5.57 Å². The van der Waals surface area contributed by atoms with Gasteiger partial charge in [0.2, 0.25) is 0 Å². The van der Waals surface area contributed by atoms with Gasteiger partial charge in [0.15, 0.2) is 0 Å². The molecule has 1 aliphatic heterocycles. The first-order valence-corrected chi connectivity index (χ1v) is 3.14. The quantitative estimate of drug-likeness (QED) is 0.501. The maximum Gasteiger partial charge on any atom is 0.263 e. The second-order valence-electron chi connectivity index (χ2n) is 2.15. The molecule has 0 bridgehead atoms. The Bertz CT molecular complexity index is 213. The van der Waals surface area contributed by atoms with Gasteiger partial charge in [0.25, 0.3) is 6.79 Å². The van der Waals surface area contributed by atoms with Crippen LogP contribution in [0.5, 0.6) is 0 Å². The molecule has 0 saturated carbocycles. The van der Waals surface area contributed by atoms with Crippen LogP contribution in [-0.4, -0.2) is 6.10 Å². The number of hydrogen-bond acceptors (Lipinski definition) is 2. The Balaban J connectivity index is 2.27. The van der Waals surface area contributed by atoms with Crippen LogP contribution in [0.25, 0.3) is 0 Å². The monoisotopic (exact) mass is 135 g/mol. The van der Waals surface area contributed by atoms with E-state index in [2.05, 4.69) is 0 Å². The average Bonchev–Trinajstić information content (AvgIpc) is 2.05. The fraction of sp³-hybridized carbons (Fsp3) is 0.125. The van der Waals surface area contributed by atoms with E-state index in [0.717, 1.165) is 5.57 Å². The van der Waals surface area contributed by atoms with E-state index in [1.54, 1.807) is 6.26 Å². The Morgan fingerprint density at radius 3 is 3.20 bits per heavy atom. The highest BCUT2D eigenvalue weighted by Gasteiger charge is 2.15. The summed E-state index contributed by atoms with van der Waals surface area (Å²) in [7, 11) is 0. The predicted octanol–water partition coefficient (Wildman–Crippen LogP) is 1.53. The minimum absolute atomic E-state index is 0.0683. The van der Waals surface area contributed by atoms with Gasteiger partial charge in [-0.25, -0.2) is 0 Å². The Labute approximate surface area is 59.4 Å². The van der Waals surface area contributed by atoms with Crippen molar-refractivity contribution in [1.29, 1.82) is 0 Å². The molecule has 1 unspecified atom stereocenters. The highest BCUT2D eigenvalue weighted by molar-refractivity contribution is 5.34. The second kappa shape index (κ2) is 2.31. The molecule has 2 rings (SSSR count). The fourth-order valence-electron chi connectivity index (χ4n) is 0.966. The van der Waals surface area contributed by atoms with Gasteiger partial charge in [-0.1, -0.05) is 24.3 Å². The number of rotatable bonds is 0. The van der Waals surface area contributed by atoms with E-state index in [9.17, 15) is 0 Å². The first-order valence-electron chi connectivity index (χ1n) is 3.14. The third-order valence-corrected chi connectivity index (χ3v) is 1.48. The molecule has 51 valence electrons. The zero-order chi connectivity index (χ0) is 6.81. The highest BCUT2D eigenvalue weighted by atomic mass is 16.7. The molecule has 0 aromatic carbocycles. The predicted molar refractivity (Wildman–Crippen MR) is 36.6 cm³/mol. The molecule has 10 heavy (non-hydrogen) atoms. The molecular weight excluding hydrogens is 128 g/mol. The standard InChI is InChI=1S/C8H7O2/c1-2-4-8-7(3-1)5-9-6-10-8/h1-6,8H. The molecule has 2 heteroatoms. The summed E-state index contributed by atoms with van der Waals surface area (Å²) >= 11 is 0. The van der Waals surface area contributed by atoms with Crippen LogP contribution in [0.4, 0.5) is 0 Å². The van der Waals surface area contributed by atoms with Crippen molar-refractivity contribution in [1.82, 2.24) is 0 Å². The van der Waals surface area contributed by atoms with Crippen LogP contribution in [0.2, 0.25) is 0 Å². The minimum atomic E-state index is 0.0683. The Morgan fingerprint density at radius 1 is 1.30 bits per heavy atom. The number of allylic oxidation sites excluding steroid dienone is 2. The largest absolute Gasteiger partial charge is 0.465 e. The average molecular weight is 135 g/mol. The second-order valence-corrected chi connectivity index (χ2v) is 2.15. The summed E-state index contributed by atoms with van der Waals surface area (Å²) in [5, 5.41) is 0. The number of hydrogen-bond donors (Lipinski definition) is 0. The lowest BCUT2D eigenvalue weighted by molar-refractivity contribution is 0.0277. The molecule has 1 radical (unpaired) electrons.